The maximum atomic E-state index is 13.0. The molecule has 1 saturated carbocycles. The standard InChI is InChI=1S/C21H28N2O2/c1-3-4-13-23-19-15(2)9-8-12-17(19)20(24)18(21(23)25)14-22-16-10-6-5-7-11-16/h8-9,12,14,16,24H,3-7,10-11,13H2,1-2H3. The van der Waals surface area contributed by atoms with E-state index < -0.39 is 0 Å². The van der Waals surface area contributed by atoms with E-state index in [1.54, 1.807) is 6.21 Å². The van der Waals surface area contributed by atoms with Gasteiger partial charge in [-0.15, -0.1) is 0 Å². The maximum absolute atomic E-state index is 13.0. The van der Waals surface area contributed by atoms with Gasteiger partial charge in [-0.25, -0.2) is 0 Å². The Morgan fingerprint density at radius 3 is 2.76 bits per heavy atom. The molecule has 1 aromatic carbocycles. The quantitative estimate of drug-likeness (QED) is 0.811. The van der Waals surface area contributed by atoms with Gasteiger partial charge in [0.15, 0.2) is 0 Å². The number of pyridine rings is 1. The van der Waals surface area contributed by atoms with Crippen molar-refractivity contribution < 1.29 is 5.11 Å². The first-order valence-corrected chi connectivity index (χ1v) is 9.51. The molecule has 1 aromatic heterocycles. The highest BCUT2D eigenvalue weighted by atomic mass is 16.3. The smallest absolute Gasteiger partial charge is 0.263 e. The number of rotatable bonds is 5. The summed E-state index contributed by atoms with van der Waals surface area (Å²) in [4.78, 5) is 17.7. The van der Waals surface area contributed by atoms with Crippen LogP contribution in [0.4, 0.5) is 0 Å². The van der Waals surface area contributed by atoms with Crippen molar-refractivity contribution >= 4 is 17.1 Å². The largest absolute Gasteiger partial charge is 0.506 e. The highest BCUT2D eigenvalue weighted by Crippen LogP contribution is 2.28. The van der Waals surface area contributed by atoms with Crippen LogP contribution in [0.25, 0.3) is 10.9 Å². The second-order valence-corrected chi connectivity index (χ2v) is 7.11. The summed E-state index contributed by atoms with van der Waals surface area (Å²) in [6.45, 7) is 4.77. The number of para-hydroxylation sites is 1. The molecule has 0 saturated heterocycles. The van der Waals surface area contributed by atoms with E-state index in [2.05, 4.69) is 11.9 Å². The summed E-state index contributed by atoms with van der Waals surface area (Å²) in [5, 5.41) is 11.5. The van der Waals surface area contributed by atoms with Crippen LogP contribution in [-0.2, 0) is 6.54 Å². The number of aromatic nitrogens is 1. The fraction of sp³-hybridized carbons (Fsp3) is 0.524. The highest BCUT2D eigenvalue weighted by molar-refractivity contribution is 5.96. The van der Waals surface area contributed by atoms with Crippen LogP contribution >= 0.6 is 0 Å². The van der Waals surface area contributed by atoms with Crippen molar-refractivity contribution in [1.82, 2.24) is 4.57 Å². The van der Waals surface area contributed by atoms with Crippen LogP contribution in [0, 0.1) is 6.92 Å². The van der Waals surface area contributed by atoms with Crippen molar-refractivity contribution in [3.05, 3.63) is 39.7 Å². The van der Waals surface area contributed by atoms with Crippen molar-refractivity contribution in [1.29, 1.82) is 0 Å². The van der Waals surface area contributed by atoms with E-state index in [-0.39, 0.29) is 17.4 Å². The Morgan fingerprint density at radius 1 is 1.28 bits per heavy atom. The predicted molar refractivity (Wildman–Crippen MR) is 104 cm³/mol. The summed E-state index contributed by atoms with van der Waals surface area (Å²) < 4.78 is 1.82. The van der Waals surface area contributed by atoms with Crippen molar-refractivity contribution in [2.45, 2.75) is 71.4 Å². The van der Waals surface area contributed by atoms with Crippen molar-refractivity contribution in [3.8, 4) is 5.75 Å². The fourth-order valence-corrected chi connectivity index (χ4v) is 3.76. The highest BCUT2D eigenvalue weighted by Gasteiger charge is 2.17. The topological polar surface area (TPSA) is 54.6 Å². The summed E-state index contributed by atoms with van der Waals surface area (Å²) in [7, 11) is 0. The average molecular weight is 340 g/mol. The predicted octanol–water partition coefficient (Wildman–Crippen LogP) is 4.57. The molecule has 1 N–H and O–H groups in total. The second-order valence-electron chi connectivity index (χ2n) is 7.11. The van der Waals surface area contributed by atoms with Crippen molar-refractivity contribution in [2.24, 2.45) is 4.99 Å². The third-order valence-electron chi connectivity index (χ3n) is 5.22. The molecule has 0 atom stereocenters. The van der Waals surface area contributed by atoms with Gasteiger partial charge in [-0.05, 0) is 37.8 Å². The number of benzene rings is 1. The summed E-state index contributed by atoms with van der Waals surface area (Å²) >= 11 is 0. The van der Waals surface area contributed by atoms with Crippen LogP contribution in [0.5, 0.6) is 5.75 Å². The van der Waals surface area contributed by atoms with Gasteiger partial charge in [0, 0.05) is 24.2 Å². The maximum Gasteiger partial charge on any atom is 0.263 e. The SMILES string of the molecule is CCCCn1c(=O)c(C=NC2CCCCC2)c(O)c2cccc(C)c21. The first-order valence-electron chi connectivity index (χ1n) is 9.51. The molecular weight excluding hydrogens is 312 g/mol. The molecule has 3 rings (SSSR count). The molecule has 0 radical (unpaired) electrons. The lowest BCUT2D eigenvalue weighted by Crippen LogP contribution is -2.25. The molecule has 1 aliphatic carbocycles. The number of fused-ring (bicyclic) bond motifs is 1. The number of aliphatic imine (C=N–C) groups is 1. The number of hydrogen-bond donors (Lipinski definition) is 1. The van der Waals surface area contributed by atoms with Gasteiger partial charge in [0.05, 0.1) is 5.52 Å². The number of hydrogen-bond acceptors (Lipinski definition) is 3. The molecule has 4 heteroatoms. The molecule has 0 spiro atoms. The Hall–Kier alpha value is -2.10. The zero-order valence-corrected chi connectivity index (χ0v) is 15.3. The van der Waals surface area contributed by atoms with Crippen LogP contribution in [-0.4, -0.2) is 21.9 Å². The Kier molecular flexibility index (Phi) is 5.57. The zero-order valence-electron chi connectivity index (χ0n) is 15.3. The molecule has 1 aliphatic rings. The number of aryl methyl sites for hydroxylation is 2. The van der Waals surface area contributed by atoms with Gasteiger partial charge in [0.1, 0.15) is 11.3 Å². The average Bonchev–Trinajstić information content (AvgIpc) is 2.63. The summed E-state index contributed by atoms with van der Waals surface area (Å²) in [5.74, 6) is 0.0657. The molecule has 0 aliphatic heterocycles. The number of unbranched alkanes of at least 4 members (excludes halogenated alkanes) is 1. The minimum Gasteiger partial charge on any atom is -0.506 e. The molecule has 2 aromatic rings. The third kappa shape index (κ3) is 3.63. The second kappa shape index (κ2) is 7.85. The lowest BCUT2D eigenvalue weighted by Gasteiger charge is -2.18. The van der Waals surface area contributed by atoms with E-state index in [1.165, 1.54) is 19.3 Å². The van der Waals surface area contributed by atoms with Gasteiger partial charge in [-0.1, -0.05) is 44.7 Å². The van der Waals surface area contributed by atoms with Gasteiger partial charge >= 0.3 is 0 Å². The first kappa shape index (κ1) is 17.7. The fourth-order valence-electron chi connectivity index (χ4n) is 3.76. The van der Waals surface area contributed by atoms with Gasteiger partial charge in [-0.2, -0.15) is 0 Å². The first-order chi connectivity index (χ1) is 12.1. The molecule has 1 heterocycles. The summed E-state index contributed by atoms with van der Waals surface area (Å²) in [5.41, 5.74) is 2.05. The molecule has 0 bridgehead atoms. The van der Waals surface area contributed by atoms with Crippen molar-refractivity contribution in [3.63, 3.8) is 0 Å². The van der Waals surface area contributed by atoms with Crippen LogP contribution < -0.4 is 5.56 Å². The van der Waals surface area contributed by atoms with E-state index in [0.29, 0.717) is 12.1 Å². The summed E-state index contributed by atoms with van der Waals surface area (Å²) in [6.07, 6.45) is 9.41. The van der Waals surface area contributed by atoms with Gasteiger partial charge in [-0.3, -0.25) is 9.79 Å². The molecule has 0 unspecified atom stereocenters. The lowest BCUT2D eigenvalue weighted by molar-refractivity contribution is 0.444. The van der Waals surface area contributed by atoms with Gasteiger partial charge in [0.25, 0.3) is 5.56 Å². The molecule has 25 heavy (non-hydrogen) atoms. The number of aromatic hydroxyl groups is 1. The normalized spacial score (nSPS) is 16.1. The molecular formula is C21H28N2O2. The summed E-state index contributed by atoms with van der Waals surface area (Å²) in [6, 6.07) is 6.08. The molecule has 134 valence electrons. The zero-order chi connectivity index (χ0) is 17.8. The Balaban J connectivity index is 2.11. The van der Waals surface area contributed by atoms with Crippen molar-refractivity contribution in [2.75, 3.05) is 0 Å². The van der Waals surface area contributed by atoms with Crippen LogP contribution in [0.3, 0.4) is 0 Å². The Labute approximate surface area is 149 Å². The molecule has 0 amide bonds. The van der Waals surface area contributed by atoms with Crippen LogP contribution in [0.2, 0.25) is 0 Å². The van der Waals surface area contributed by atoms with E-state index in [9.17, 15) is 9.90 Å². The number of nitrogens with zero attached hydrogens (tertiary/aromatic N) is 2. The van der Waals surface area contributed by atoms with Gasteiger partial charge < -0.3 is 9.67 Å². The van der Waals surface area contributed by atoms with E-state index in [1.807, 2.05) is 29.7 Å². The third-order valence-corrected chi connectivity index (χ3v) is 5.22. The minimum absolute atomic E-state index is 0.0657. The molecule has 1 fully saturated rings. The minimum atomic E-state index is -0.132. The van der Waals surface area contributed by atoms with Gasteiger partial charge in [0.2, 0.25) is 0 Å². The van der Waals surface area contributed by atoms with E-state index in [4.69, 9.17) is 0 Å². The van der Waals surface area contributed by atoms with E-state index in [0.717, 1.165) is 42.1 Å². The molecule has 4 nitrogen and oxygen atoms in total. The monoisotopic (exact) mass is 340 g/mol. The van der Waals surface area contributed by atoms with Crippen LogP contribution in [0.1, 0.15) is 63.0 Å². The Morgan fingerprint density at radius 2 is 2.04 bits per heavy atom. The Bertz CT molecular complexity index is 830. The van der Waals surface area contributed by atoms with Crippen LogP contribution in [0.15, 0.2) is 28.0 Å². The lowest BCUT2D eigenvalue weighted by atomic mass is 9.96. The van der Waals surface area contributed by atoms with E-state index >= 15 is 0 Å².